The van der Waals surface area contributed by atoms with Gasteiger partial charge in [-0.2, -0.15) is 0 Å². The molecule has 7 nitrogen and oxygen atoms in total. The summed E-state index contributed by atoms with van der Waals surface area (Å²) in [5.74, 6) is 1.75. The molecule has 0 fully saturated rings. The number of aromatic nitrogens is 4. The zero-order chi connectivity index (χ0) is 23.4. The summed E-state index contributed by atoms with van der Waals surface area (Å²) in [6.07, 6.45) is 3.45. The molecule has 4 rings (SSSR count). The third kappa shape index (κ3) is 4.61. The van der Waals surface area contributed by atoms with Crippen LogP contribution in [0.1, 0.15) is 22.8 Å². The lowest BCUT2D eigenvalue weighted by molar-refractivity contribution is 0.0993. The van der Waals surface area contributed by atoms with Crippen molar-refractivity contribution in [1.82, 2.24) is 19.7 Å². The van der Waals surface area contributed by atoms with Crippen LogP contribution < -0.4 is 9.47 Å². The fraction of sp³-hybridized carbons (Fsp3) is 0.200. The van der Waals surface area contributed by atoms with Crippen LogP contribution in [0.15, 0.2) is 72.1 Å². The lowest BCUT2D eigenvalue weighted by Gasteiger charge is -2.15. The van der Waals surface area contributed by atoms with Crippen LogP contribution in [0.25, 0.3) is 17.1 Å². The Labute approximate surface area is 196 Å². The van der Waals surface area contributed by atoms with Crippen LogP contribution in [0.2, 0.25) is 0 Å². The second kappa shape index (κ2) is 9.87. The molecule has 1 unspecified atom stereocenters. The third-order valence-corrected chi connectivity index (χ3v) is 6.29. The van der Waals surface area contributed by atoms with E-state index in [-0.39, 0.29) is 5.78 Å². The average molecular weight is 461 g/mol. The van der Waals surface area contributed by atoms with Crippen LogP contribution >= 0.6 is 11.8 Å². The van der Waals surface area contributed by atoms with Crippen molar-refractivity contribution in [2.24, 2.45) is 0 Å². The van der Waals surface area contributed by atoms with Gasteiger partial charge in [0.1, 0.15) is 0 Å². The number of nitrogens with zero attached hydrogens (tertiary/aromatic N) is 4. The van der Waals surface area contributed by atoms with E-state index in [0.717, 1.165) is 16.8 Å². The quantitative estimate of drug-likeness (QED) is 0.270. The summed E-state index contributed by atoms with van der Waals surface area (Å²) in [5.41, 5.74) is 3.48. The van der Waals surface area contributed by atoms with Gasteiger partial charge in [0.2, 0.25) is 0 Å². The lowest BCUT2D eigenvalue weighted by atomic mass is 10.1. The molecule has 0 saturated carbocycles. The third-order valence-electron chi connectivity index (χ3n) is 5.25. The van der Waals surface area contributed by atoms with Gasteiger partial charge >= 0.3 is 0 Å². The summed E-state index contributed by atoms with van der Waals surface area (Å²) in [4.78, 5) is 17.3. The maximum absolute atomic E-state index is 13.2. The van der Waals surface area contributed by atoms with Crippen molar-refractivity contribution in [3.8, 4) is 28.6 Å². The number of ketones is 1. The molecule has 0 bridgehead atoms. The Bertz CT molecular complexity index is 1270. The number of benzene rings is 2. The molecule has 2 aromatic carbocycles. The first-order chi connectivity index (χ1) is 16.0. The molecule has 168 valence electrons. The normalized spacial score (nSPS) is 11.8. The summed E-state index contributed by atoms with van der Waals surface area (Å²) in [7, 11) is 3.12. The van der Waals surface area contributed by atoms with Crippen LogP contribution in [0.3, 0.4) is 0 Å². The minimum atomic E-state index is -0.402. The Balaban J connectivity index is 1.70. The van der Waals surface area contributed by atoms with Gasteiger partial charge in [0.05, 0.1) is 25.2 Å². The minimum absolute atomic E-state index is 0.0363. The van der Waals surface area contributed by atoms with Crippen molar-refractivity contribution < 1.29 is 14.3 Å². The van der Waals surface area contributed by atoms with Crippen LogP contribution in [0.5, 0.6) is 11.5 Å². The molecule has 0 spiro atoms. The zero-order valence-electron chi connectivity index (χ0n) is 18.9. The van der Waals surface area contributed by atoms with E-state index in [4.69, 9.17) is 9.47 Å². The maximum atomic E-state index is 13.2. The van der Waals surface area contributed by atoms with Crippen molar-refractivity contribution >= 4 is 17.5 Å². The smallest absolute Gasteiger partial charge is 0.196 e. The van der Waals surface area contributed by atoms with E-state index in [0.29, 0.717) is 28.0 Å². The Kier molecular flexibility index (Phi) is 6.74. The number of rotatable bonds is 8. The van der Waals surface area contributed by atoms with E-state index < -0.39 is 5.25 Å². The average Bonchev–Trinajstić information content (AvgIpc) is 3.27. The van der Waals surface area contributed by atoms with E-state index in [9.17, 15) is 4.79 Å². The highest BCUT2D eigenvalue weighted by Gasteiger charge is 2.24. The van der Waals surface area contributed by atoms with Gasteiger partial charge in [0.15, 0.2) is 28.3 Å². The number of para-hydroxylation sites is 1. The zero-order valence-corrected chi connectivity index (χ0v) is 19.7. The van der Waals surface area contributed by atoms with Crippen molar-refractivity contribution in [2.75, 3.05) is 14.2 Å². The van der Waals surface area contributed by atoms with Crippen LogP contribution in [0, 0.1) is 6.92 Å². The van der Waals surface area contributed by atoms with Gasteiger partial charge in [0, 0.05) is 23.5 Å². The van der Waals surface area contributed by atoms with E-state index in [1.165, 1.54) is 11.8 Å². The maximum Gasteiger partial charge on any atom is 0.196 e. The number of pyridine rings is 1. The molecule has 2 heterocycles. The second-order valence-corrected chi connectivity index (χ2v) is 8.67. The molecular formula is C25H24N4O3S. The molecule has 0 amide bonds. The van der Waals surface area contributed by atoms with Crippen LogP contribution in [-0.4, -0.2) is 45.0 Å². The molecule has 0 N–H and O–H groups in total. The van der Waals surface area contributed by atoms with Crippen LogP contribution in [-0.2, 0) is 0 Å². The molecule has 1 atom stereocenters. The summed E-state index contributed by atoms with van der Waals surface area (Å²) >= 11 is 1.37. The Hall–Kier alpha value is -3.65. The predicted molar refractivity (Wildman–Crippen MR) is 129 cm³/mol. The van der Waals surface area contributed by atoms with E-state index >= 15 is 0 Å². The number of aryl methyl sites for hydroxylation is 1. The molecule has 0 aliphatic rings. The SMILES string of the molecule is COc1ccc(C(=O)C(C)Sc2nnc(-c3ccncc3)n2-c2ccccc2C)cc1OC. The molecule has 0 aliphatic heterocycles. The highest BCUT2D eigenvalue weighted by atomic mass is 32.2. The summed E-state index contributed by atoms with van der Waals surface area (Å²) in [6, 6.07) is 17.0. The van der Waals surface area contributed by atoms with Crippen molar-refractivity contribution in [2.45, 2.75) is 24.3 Å². The monoisotopic (exact) mass is 460 g/mol. The molecule has 0 radical (unpaired) electrons. The molecule has 0 aliphatic carbocycles. The summed E-state index contributed by atoms with van der Waals surface area (Å²) in [6.45, 7) is 3.91. The largest absolute Gasteiger partial charge is 0.493 e. The Morgan fingerprint density at radius 1 is 0.970 bits per heavy atom. The fourth-order valence-electron chi connectivity index (χ4n) is 3.50. The van der Waals surface area contributed by atoms with Crippen molar-refractivity contribution in [1.29, 1.82) is 0 Å². The number of ether oxygens (including phenoxy) is 2. The number of hydrogen-bond donors (Lipinski definition) is 0. The summed E-state index contributed by atoms with van der Waals surface area (Å²) in [5, 5.41) is 9.14. The van der Waals surface area contributed by atoms with Gasteiger partial charge in [-0.15, -0.1) is 10.2 Å². The molecule has 2 aromatic heterocycles. The molecule has 0 saturated heterocycles. The van der Waals surface area contributed by atoms with Crippen LogP contribution in [0.4, 0.5) is 0 Å². The topological polar surface area (TPSA) is 79.1 Å². The lowest BCUT2D eigenvalue weighted by Crippen LogP contribution is -2.15. The van der Waals surface area contributed by atoms with Crippen molar-refractivity contribution in [3.63, 3.8) is 0 Å². The number of Topliss-reactive ketones (excluding diaryl/α,β-unsaturated/α-hetero) is 1. The number of hydrogen-bond acceptors (Lipinski definition) is 7. The predicted octanol–water partition coefficient (Wildman–Crippen LogP) is 5.02. The van der Waals surface area contributed by atoms with Gasteiger partial charge in [-0.25, -0.2) is 0 Å². The molecule has 4 aromatic rings. The number of carbonyl (C=O) groups is 1. The van der Waals surface area contributed by atoms with E-state index in [1.807, 2.05) is 54.8 Å². The minimum Gasteiger partial charge on any atom is -0.493 e. The van der Waals surface area contributed by atoms with Gasteiger partial charge in [-0.3, -0.25) is 14.3 Å². The van der Waals surface area contributed by atoms with Crippen molar-refractivity contribution in [3.05, 3.63) is 78.1 Å². The first-order valence-corrected chi connectivity index (χ1v) is 11.3. The molecule has 33 heavy (non-hydrogen) atoms. The number of carbonyl (C=O) groups excluding carboxylic acids is 1. The standard InChI is InChI=1S/C25H24N4O3S/c1-16-7-5-6-8-20(16)29-24(18-11-13-26-14-12-18)27-28-25(29)33-17(2)23(30)19-9-10-21(31-3)22(15-19)32-4/h5-15,17H,1-4H3. The summed E-state index contributed by atoms with van der Waals surface area (Å²) < 4.78 is 12.6. The Morgan fingerprint density at radius 3 is 2.39 bits per heavy atom. The molecular weight excluding hydrogens is 436 g/mol. The number of thioether (sulfide) groups is 1. The fourth-order valence-corrected chi connectivity index (χ4v) is 4.44. The number of methoxy groups -OCH3 is 2. The van der Waals surface area contributed by atoms with Gasteiger partial charge < -0.3 is 9.47 Å². The van der Waals surface area contributed by atoms with E-state index in [1.54, 1.807) is 44.8 Å². The first kappa shape index (κ1) is 22.5. The Morgan fingerprint density at radius 2 is 1.70 bits per heavy atom. The molecule has 8 heteroatoms. The first-order valence-electron chi connectivity index (χ1n) is 10.4. The van der Waals surface area contributed by atoms with Gasteiger partial charge in [0.25, 0.3) is 0 Å². The highest BCUT2D eigenvalue weighted by molar-refractivity contribution is 8.00. The van der Waals surface area contributed by atoms with Gasteiger partial charge in [-0.1, -0.05) is 30.0 Å². The second-order valence-electron chi connectivity index (χ2n) is 7.36. The van der Waals surface area contributed by atoms with Gasteiger partial charge in [-0.05, 0) is 55.8 Å². The van der Waals surface area contributed by atoms with E-state index in [2.05, 4.69) is 15.2 Å². The highest BCUT2D eigenvalue weighted by Crippen LogP contribution is 2.33.